The molecule has 0 N–H and O–H groups in total. The second-order valence-corrected chi connectivity index (χ2v) is 23.7. The lowest BCUT2D eigenvalue weighted by Crippen LogP contribution is -2.39. The van der Waals surface area contributed by atoms with Crippen LogP contribution in [-0.4, -0.2) is 28.7 Å². The summed E-state index contributed by atoms with van der Waals surface area (Å²) in [6.07, 6.45) is 0.530. The van der Waals surface area contributed by atoms with E-state index in [4.69, 9.17) is 19.4 Å². The minimum Gasteiger partial charge on any atom is -0.422 e. The molecule has 8 heteroatoms. The van der Waals surface area contributed by atoms with Crippen molar-refractivity contribution in [1.82, 2.24) is 28.7 Å². The van der Waals surface area contributed by atoms with E-state index in [1.807, 2.05) is 66.7 Å². The van der Waals surface area contributed by atoms with Crippen LogP contribution in [0.3, 0.4) is 0 Å². The molecule has 8 nitrogen and oxygen atoms in total. The minimum absolute atomic E-state index is 0.227. The zero-order valence-electron chi connectivity index (χ0n) is 49.2. The molecule has 0 radical (unpaired) electrons. The van der Waals surface area contributed by atoms with Crippen molar-refractivity contribution in [1.29, 1.82) is 0 Å². The molecule has 1 aliphatic carbocycles. The molecular formula is C81H56N6O2. The highest BCUT2D eigenvalue weighted by Crippen LogP contribution is 2.42. The van der Waals surface area contributed by atoms with Crippen molar-refractivity contribution in [2.45, 2.75) is 33.1 Å². The lowest BCUT2D eigenvalue weighted by molar-refractivity contribution is 0.468. The third-order valence-corrected chi connectivity index (χ3v) is 18.2. The Kier molecular flexibility index (Phi) is 12.0. The van der Waals surface area contributed by atoms with Gasteiger partial charge in [0.2, 0.25) is 0 Å². The predicted molar refractivity (Wildman–Crippen MR) is 363 cm³/mol. The molecule has 5 aromatic heterocycles. The Morgan fingerprint density at radius 3 is 1.19 bits per heavy atom. The highest BCUT2D eigenvalue weighted by Gasteiger charge is 2.30. The zero-order valence-corrected chi connectivity index (χ0v) is 49.2. The van der Waals surface area contributed by atoms with E-state index in [0.717, 1.165) is 94.3 Å². The first-order valence-corrected chi connectivity index (χ1v) is 30.4. The summed E-state index contributed by atoms with van der Waals surface area (Å²) in [4.78, 5) is 30.5. The lowest BCUT2D eigenvalue weighted by atomic mass is 9.77. The molecule has 1 atom stereocenters. The van der Waals surface area contributed by atoms with E-state index >= 15 is 4.79 Å². The maximum atomic E-state index is 15.3. The van der Waals surface area contributed by atoms with Crippen LogP contribution < -0.4 is 16.3 Å². The van der Waals surface area contributed by atoms with E-state index in [0.29, 0.717) is 23.5 Å². The summed E-state index contributed by atoms with van der Waals surface area (Å²) < 4.78 is 14.0. The number of benzene rings is 11. The van der Waals surface area contributed by atoms with Gasteiger partial charge in [0.25, 0.3) is 0 Å². The van der Waals surface area contributed by atoms with Gasteiger partial charge in [-0.2, -0.15) is 0 Å². The van der Waals surface area contributed by atoms with Gasteiger partial charge < -0.3 is 18.1 Å². The summed E-state index contributed by atoms with van der Waals surface area (Å²) in [5.41, 5.74) is 20.5. The second-order valence-electron chi connectivity index (χ2n) is 23.7. The number of fused-ring (bicyclic) bond motifs is 10. The van der Waals surface area contributed by atoms with Gasteiger partial charge in [-0.15, -0.1) is 0 Å². The highest BCUT2D eigenvalue weighted by atomic mass is 16.4. The fourth-order valence-corrected chi connectivity index (χ4v) is 14.0. The largest absolute Gasteiger partial charge is 0.422 e. The summed E-state index contributed by atoms with van der Waals surface area (Å²) >= 11 is 0. The van der Waals surface area contributed by atoms with Crippen molar-refractivity contribution in [2.24, 2.45) is 0 Å². The van der Waals surface area contributed by atoms with Crippen LogP contribution in [0, 0.1) is 20.8 Å². The van der Waals surface area contributed by atoms with Crippen molar-refractivity contribution in [3.63, 3.8) is 0 Å². The summed E-state index contributed by atoms with van der Waals surface area (Å²) in [5.74, 6) is 0.904. The highest BCUT2D eigenvalue weighted by molar-refractivity contribution is 6.11. The van der Waals surface area contributed by atoms with Gasteiger partial charge in [0.1, 0.15) is 11.0 Å². The molecule has 5 heterocycles. The van der Waals surface area contributed by atoms with Crippen LogP contribution in [-0.2, 0) is 0 Å². The lowest BCUT2D eigenvalue weighted by Gasteiger charge is -2.27. The van der Waals surface area contributed by atoms with Crippen molar-refractivity contribution in [3.8, 4) is 51.2 Å². The molecule has 16 aromatic rings. The zero-order chi connectivity index (χ0) is 59.4. The Hall–Kier alpha value is -11.5. The number of aromatic nitrogens is 6. The van der Waals surface area contributed by atoms with Gasteiger partial charge in [0, 0.05) is 77.2 Å². The van der Waals surface area contributed by atoms with E-state index in [-0.39, 0.29) is 17.3 Å². The van der Waals surface area contributed by atoms with Crippen LogP contribution in [0.25, 0.3) is 128 Å². The van der Waals surface area contributed by atoms with Crippen molar-refractivity contribution in [2.75, 3.05) is 0 Å². The first-order chi connectivity index (χ1) is 43.8. The summed E-state index contributed by atoms with van der Waals surface area (Å²) in [7, 11) is 0. The molecule has 0 saturated heterocycles. The fraction of sp³-hybridized carbons (Fsp3) is 0.0617. The van der Waals surface area contributed by atoms with E-state index in [1.54, 1.807) is 0 Å². The Labute approximate surface area is 512 Å². The van der Waals surface area contributed by atoms with Gasteiger partial charge >= 0.3 is 5.63 Å². The van der Waals surface area contributed by atoms with Gasteiger partial charge in [-0.05, 0) is 147 Å². The Morgan fingerprint density at radius 2 is 0.742 bits per heavy atom. The van der Waals surface area contributed by atoms with Gasteiger partial charge in [-0.25, -0.2) is 19.7 Å². The molecule has 11 aromatic carbocycles. The third kappa shape index (κ3) is 8.58. The number of rotatable bonds is 9. The Bertz CT molecular complexity index is 5680. The molecule has 1 aliphatic rings. The van der Waals surface area contributed by atoms with E-state index in [9.17, 15) is 0 Å². The van der Waals surface area contributed by atoms with Gasteiger partial charge in [0.15, 0.2) is 17.5 Å². The molecule has 0 spiro atoms. The predicted octanol–water partition coefficient (Wildman–Crippen LogP) is 17.6. The molecule has 422 valence electrons. The average Bonchev–Trinajstić information content (AvgIpc) is 1.16. The topological polar surface area (TPSA) is 83.7 Å². The van der Waals surface area contributed by atoms with E-state index in [1.165, 1.54) is 49.0 Å². The molecule has 1 unspecified atom stereocenters. The van der Waals surface area contributed by atoms with Crippen LogP contribution in [0.2, 0.25) is 0 Å². The summed E-state index contributed by atoms with van der Waals surface area (Å²) in [6.45, 7) is 6.46. The van der Waals surface area contributed by atoms with E-state index < -0.39 is 5.63 Å². The molecule has 17 rings (SSSR count). The number of nitrogens with zero attached hydrogens (tertiary/aromatic N) is 6. The second kappa shape index (κ2) is 20.6. The third-order valence-electron chi connectivity index (χ3n) is 18.2. The van der Waals surface area contributed by atoms with Crippen LogP contribution in [0.5, 0.6) is 0 Å². The number of hydrogen-bond donors (Lipinski definition) is 0. The van der Waals surface area contributed by atoms with Gasteiger partial charge in [0.05, 0.1) is 33.1 Å². The maximum Gasteiger partial charge on any atom is 0.347 e. The normalized spacial score (nSPS) is 13.4. The molecule has 0 fully saturated rings. The van der Waals surface area contributed by atoms with Crippen molar-refractivity contribution < 1.29 is 4.42 Å². The smallest absolute Gasteiger partial charge is 0.347 e. The first kappa shape index (κ1) is 51.9. The van der Waals surface area contributed by atoms with Crippen LogP contribution in [0.4, 0.5) is 0 Å². The molecule has 0 saturated carbocycles. The van der Waals surface area contributed by atoms with Crippen LogP contribution in [0.1, 0.15) is 45.7 Å². The van der Waals surface area contributed by atoms with Gasteiger partial charge in [-0.1, -0.05) is 187 Å². The van der Waals surface area contributed by atoms with Crippen molar-refractivity contribution in [3.05, 3.63) is 321 Å². The number of hydrogen-bond acceptors (Lipinski definition) is 5. The molecule has 89 heavy (non-hydrogen) atoms. The maximum absolute atomic E-state index is 15.3. The monoisotopic (exact) mass is 1140 g/mol. The molecular weight excluding hydrogens is 1090 g/mol. The average molecular weight is 1150 g/mol. The molecule has 0 aliphatic heterocycles. The first-order valence-electron chi connectivity index (χ1n) is 30.4. The standard InChI is InChI=1S/C81H56N6O2/c1-49-26-41-73-65(44-49)60-20-10-13-23-70(60)85(73)57-35-29-52(30-36-57)63-47-64(53-31-37-58(38-32-53)86-71-24-14-11-21-61(71)66-45-50(2)27-42-74(66)86)77-68(76(63)54-33-39-59(40-34-54)87-72-25-15-12-22-62(72)67-46-51(3)28-43-75(67)87)48-69(81(88)89-77)80-83-78(55-16-6-4-7-17-55)82-79(84-80)56-18-8-5-9-19-56/h4-46,48,63H,47H2,1-3H3. The van der Waals surface area contributed by atoms with Crippen LogP contribution in [0.15, 0.2) is 276 Å². The quantitative estimate of drug-likeness (QED) is 0.144. The number of aryl methyl sites for hydroxylation is 3. The SMILES string of the molecule is Cc1ccc2c(c1)c1ccccc1n2-c1ccc(C2=c3cc(-c4nc(-c5ccccc5)nc(-c5ccccc5)n4)c(=O)oc3=C(c3ccc(-n4c5ccccc5c5cc(C)ccc54)cc3)CC2c2ccc(-n3c4ccccc4c4cc(C)ccc43)cc2)cc1. The van der Waals surface area contributed by atoms with Gasteiger partial charge in [-0.3, -0.25) is 0 Å². The Balaban J connectivity index is 0.919. The summed E-state index contributed by atoms with van der Waals surface area (Å²) in [6, 6.07) is 94.6. The molecule has 0 bridgehead atoms. The van der Waals surface area contributed by atoms with Crippen molar-refractivity contribution >= 4 is 76.6 Å². The molecule has 0 amide bonds. The minimum atomic E-state index is -0.539. The fourth-order valence-electron chi connectivity index (χ4n) is 14.0. The van der Waals surface area contributed by atoms with E-state index in [2.05, 4.69) is 235 Å². The summed E-state index contributed by atoms with van der Waals surface area (Å²) in [5, 5.41) is 8.08. The van der Waals surface area contributed by atoms with Crippen LogP contribution >= 0.6 is 0 Å². The Morgan fingerprint density at radius 1 is 0.360 bits per heavy atom. The number of para-hydroxylation sites is 3.